The van der Waals surface area contributed by atoms with Gasteiger partial charge in [0.05, 0.1) is 6.61 Å². The van der Waals surface area contributed by atoms with Crippen molar-refractivity contribution in [3.05, 3.63) is 16.5 Å². The average Bonchev–Trinajstić information content (AvgIpc) is 2.37. The highest BCUT2D eigenvalue weighted by Gasteiger charge is 2.19. The van der Waals surface area contributed by atoms with Crippen molar-refractivity contribution in [1.29, 1.82) is 0 Å². The summed E-state index contributed by atoms with van der Waals surface area (Å²) in [5.74, 6) is 2.09. The van der Waals surface area contributed by atoms with Crippen LogP contribution in [0, 0.1) is 5.92 Å². The van der Waals surface area contributed by atoms with Gasteiger partial charge in [0.25, 0.3) is 0 Å². The molecule has 1 aromatic heterocycles. The molecule has 0 aliphatic rings. The molecule has 0 saturated carbocycles. The highest BCUT2D eigenvalue weighted by molar-refractivity contribution is 9.10. The zero-order chi connectivity index (χ0) is 15.2. The number of aromatic nitrogens is 2. The van der Waals surface area contributed by atoms with Gasteiger partial charge in [-0.25, -0.2) is 4.98 Å². The first kappa shape index (κ1) is 17.4. The normalized spacial score (nSPS) is 13.3. The van der Waals surface area contributed by atoms with E-state index in [1.165, 1.54) is 19.3 Å². The fraction of sp³-hybridized carbons (Fsp3) is 0.750. The quantitative estimate of drug-likeness (QED) is 0.644. The number of rotatable bonds is 7. The van der Waals surface area contributed by atoms with Gasteiger partial charge in [-0.1, -0.05) is 53.9 Å². The molecule has 1 atom stereocenters. The smallest absolute Gasteiger partial charge is 0.217 e. The number of halogens is 1. The van der Waals surface area contributed by atoms with Crippen LogP contribution in [0.1, 0.15) is 66.1 Å². The lowest BCUT2D eigenvalue weighted by Gasteiger charge is -2.19. The van der Waals surface area contributed by atoms with Gasteiger partial charge in [0, 0.05) is 11.5 Å². The molecule has 4 heteroatoms. The van der Waals surface area contributed by atoms with E-state index in [1.54, 1.807) is 0 Å². The van der Waals surface area contributed by atoms with Crippen LogP contribution in [-0.4, -0.2) is 16.6 Å². The molecule has 0 aromatic carbocycles. The van der Waals surface area contributed by atoms with Gasteiger partial charge < -0.3 is 4.74 Å². The van der Waals surface area contributed by atoms with Crippen LogP contribution in [0.3, 0.4) is 0 Å². The van der Waals surface area contributed by atoms with Crippen LogP contribution in [0.2, 0.25) is 0 Å². The average molecular weight is 343 g/mol. The van der Waals surface area contributed by atoms with Gasteiger partial charge in [-0.05, 0) is 28.3 Å². The third-order valence-corrected chi connectivity index (χ3v) is 3.76. The van der Waals surface area contributed by atoms with E-state index in [-0.39, 0.29) is 5.41 Å². The molecular formula is C16H27BrN2O. The minimum atomic E-state index is -0.0751. The molecule has 1 unspecified atom stereocenters. The first-order valence-electron chi connectivity index (χ1n) is 7.54. The summed E-state index contributed by atoms with van der Waals surface area (Å²) in [7, 11) is 0. The molecule has 0 saturated heterocycles. The van der Waals surface area contributed by atoms with E-state index in [0.717, 1.165) is 23.5 Å². The molecule has 20 heavy (non-hydrogen) atoms. The van der Waals surface area contributed by atoms with E-state index in [1.807, 2.05) is 6.07 Å². The predicted octanol–water partition coefficient (Wildman–Crippen LogP) is 5.13. The molecule has 0 aliphatic carbocycles. The third kappa shape index (κ3) is 5.78. The maximum Gasteiger partial charge on any atom is 0.217 e. The number of nitrogens with zero attached hydrogens (tertiary/aromatic N) is 2. The summed E-state index contributed by atoms with van der Waals surface area (Å²) in [5, 5.41) is 0. The molecule has 0 radical (unpaired) electrons. The Kier molecular flexibility index (Phi) is 6.93. The second-order valence-corrected chi connectivity index (χ2v) is 7.14. The molecule has 0 aliphatic heterocycles. The summed E-state index contributed by atoms with van der Waals surface area (Å²) in [6.07, 6.45) is 4.88. The molecule has 1 rings (SSSR count). The standard InChI is InChI=1S/C16H27BrN2O/c1-6-8-9-12(7-2)11-20-14-10-13(17)18-15(19-14)16(3,4)5/h10,12H,6-9,11H2,1-5H3. The van der Waals surface area contributed by atoms with Gasteiger partial charge in [-0.15, -0.1) is 0 Å². The third-order valence-electron chi connectivity index (χ3n) is 3.35. The maximum absolute atomic E-state index is 5.89. The zero-order valence-electron chi connectivity index (χ0n) is 13.4. The summed E-state index contributed by atoms with van der Waals surface area (Å²) in [5.41, 5.74) is -0.0751. The first-order chi connectivity index (χ1) is 9.36. The summed E-state index contributed by atoms with van der Waals surface area (Å²) in [6.45, 7) is 11.5. The van der Waals surface area contributed by atoms with E-state index in [9.17, 15) is 0 Å². The predicted molar refractivity (Wildman–Crippen MR) is 87.2 cm³/mol. The van der Waals surface area contributed by atoms with Crippen LogP contribution < -0.4 is 4.74 Å². The van der Waals surface area contributed by atoms with Gasteiger partial charge in [0.2, 0.25) is 5.88 Å². The van der Waals surface area contributed by atoms with Gasteiger partial charge in [0.1, 0.15) is 10.4 Å². The highest BCUT2D eigenvalue weighted by Crippen LogP contribution is 2.24. The van der Waals surface area contributed by atoms with Crippen LogP contribution in [0.25, 0.3) is 0 Å². The lowest BCUT2D eigenvalue weighted by atomic mass is 9.96. The minimum absolute atomic E-state index is 0.0751. The van der Waals surface area contributed by atoms with E-state index in [0.29, 0.717) is 11.8 Å². The second-order valence-electron chi connectivity index (χ2n) is 6.33. The minimum Gasteiger partial charge on any atom is -0.477 e. The molecule has 0 N–H and O–H groups in total. The largest absolute Gasteiger partial charge is 0.477 e. The Morgan fingerprint density at radius 3 is 2.50 bits per heavy atom. The summed E-state index contributed by atoms with van der Waals surface area (Å²) in [6, 6.07) is 1.85. The van der Waals surface area contributed by atoms with Crippen molar-refractivity contribution in [2.75, 3.05) is 6.61 Å². The Morgan fingerprint density at radius 1 is 1.25 bits per heavy atom. The van der Waals surface area contributed by atoms with Crippen molar-refractivity contribution in [2.45, 2.75) is 65.7 Å². The van der Waals surface area contributed by atoms with Gasteiger partial charge >= 0.3 is 0 Å². The second kappa shape index (κ2) is 7.96. The molecule has 0 amide bonds. The topological polar surface area (TPSA) is 35.0 Å². The van der Waals surface area contributed by atoms with Crippen molar-refractivity contribution >= 4 is 15.9 Å². The van der Waals surface area contributed by atoms with Crippen LogP contribution in [-0.2, 0) is 5.41 Å². The fourth-order valence-electron chi connectivity index (χ4n) is 1.91. The van der Waals surface area contributed by atoms with Crippen molar-refractivity contribution in [3.63, 3.8) is 0 Å². The molecule has 0 fully saturated rings. The van der Waals surface area contributed by atoms with Gasteiger partial charge in [-0.3, -0.25) is 0 Å². The van der Waals surface area contributed by atoms with E-state index in [2.05, 4.69) is 60.5 Å². The Labute approximate surface area is 131 Å². The Bertz CT molecular complexity index is 415. The molecular weight excluding hydrogens is 316 g/mol. The SMILES string of the molecule is CCCCC(CC)COc1cc(Br)nc(C(C)(C)C)n1. The van der Waals surface area contributed by atoms with Gasteiger partial charge in [0.15, 0.2) is 0 Å². The Balaban J connectivity index is 2.70. The Hall–Kier alpha value is -0.640. The summed E-state index contributed by atoms with van der Waals surface area (Å²) < 4.78 is 6.68. The lowest BCUT2D eigenvalue weighted by molar-refractivity contribution is 0.224. The fourth-order valence-corrected chi connectivity index (χ4v) is 2.27. The number of hydrogen-bond donors (Lipinski definition) is 0. The summed E-state index contributed by atoms with van der Waals surface area (Å²) in [4.78, 5) is 8.96. The van der Waals surface area contributed by atoms with Crippen molar-refractivity contribution in [2.24, 2.45) is 5.92 Å². The van der Waals surface area contributed by atoms with Crippen molar-refractivity contribution in [3.8, 4) is 5.88 Å². The molecule has 114 valence electrons. The molecule has 1 heterocycles. The highest BCUT2D eigenvalue weighted by atomic mass is 79.9. The zero-order valence-corrected chi connectivity index (χ0v) is 15.0. The summed E-state index contributed by atoms with van der Waals surface area (Å²) >= 11 is 3.44. The van der Waals surface area contributed by atoms with E-state index < -0.39 is 0 Å². The van der Waals surface area contributed by atoms with E-state index >= 15 is 0 Å². The van der Waals surface area contributed by atoms with Crippen LogP contribution in [0.4, 0.5) is 0 Å². The monoisotopic (exact) mass is 342 g/mol. The lowest BCUT2D eigenvalue weighted by Crippen LogP contribution is -2.18. The maximum atomic E-state index is 5.89. The number of unbranched alkanes of at least 4 members (excludes halogenated alkanes) is 1. The molecule has 1 aromatic rings. The van der Waals surface area contributed by atoms with Crippen LogP contribution in [0.15, 0.2) is 10.7 Å². The van der Waals surface area contributed by atoms with Gasteiger partial charge in [-0.2, -0.15) is 4.98 Å². The first-order valence-corrected chi connectivity index (χ1v) is 8.34. The van der Waals surface area contributed by atoms with Crippen molar-refractivity contribution in [1.82, 2.24) is 9.97 Å². The van der Waals surface area contributed by atoms with Crippen molar-refractivity contribution < 1.29 is 4.74 Å². The molecule has 0 spiro atoms. The number of ether oxygens (including phenoxy) is 1. The molecule has 0 bridgehead atoms. The number of hydrogen-bond acceptors (Lipinski definition) is 3. The Morgan fingerprint density at radius 2 is 1.95 bits per heavy atom. The van der Waals surface area contributed by atoms with E-state index in [4.69, 9.17) is 4.74 Å². The molecule has 3 nitrogen and oxygen atoms in total. The van der Waals surface area contributed by atoms with Crippen LogP contribution in [0.5, 0.6) is 5.88 Å². The van der Waals surface area contributed by atoms with Crippen LogP contribution >= 0.6 is 15.9 Å².